The fourth-order valence-corrected chi connectivity index (χ4v) is 1.43. The quantitative estimate of drug-likeness (QED) is 0.849. The molecule has 1 aromatic carbocycles. The SMILES string of the molecule is OC(COCc1ccccc1)c1cnccn1. The van der Waals surface area contributed by atoms with E-state index in [2.05, 4.69) is 9.97 Å². The topological polar surface area (TPSA) is 55.2 Å². The summed E-state index contributed by atoms with van der Waals surface area (Å²) in [7, 11) is 0. The summed E-state index contributed by atoms with van der Waals surface area (Å²) in [6.45, 7) is 0.700. The van der Waals surface area contributed by atoms with Crippen LogP contribution in [0.2, 0.25) is 0 Å². The van der Waals surface area contributed by atoms with Crippen molar-refractivity contribution in [2.24, 2.45) is 0 Å². The van der Waals surface area contributed by atoms with Crippen LogP contribution in [0.4, 0.5) is 0 Å². The van der Waals surface area contributed by atoms with Crippen molar-refractivity contribution in [1.29, 1.82) is 0 Å². The molecule has 1 unspecified atom stereocenters. The predicted molar refractivity (Wildman–Crippen MR) is 63.1 cm³/mol. The highest BCUT2D eigenvalue weighted by atomic mass is 16.5. The number of nitrogens with zero attached hydrogens (tertiary/aromatic N) is 2. The van der Waals surface area contributed by atoms with E-state index in [4.69, 9.17) is 4.74 Å². The summed E-state index contributed by atoms with van der Waals surface area (Å²) in [6, 6.07) is 9.83. The van der Waals surface area contributed by atoms with E-state index in [9.17, 15) is 5.11 Å². The van der Waals surface area contributed by atoms with Gasteiger partial charge in [0, 0.05) is 12.4 Å². The minimum atomic E-state index is -0.729. The second kappa shape index (κ2) is 6.08. The number of rotatable bonds is 5. The molecule has 2 aromatic rings. The van der Waals surface area contributed by atoms with Gasteiger partial charge in [0.15, 0.2) is 0 Å². The van der Waals surface area contributed by atoms with Crippen molar-refractivity contribution in [2.45, 2.75) is 12.7 Å². The van der Waals surface area contributed by atoms with Crippen molar-refractivity contribution in [2.75, 3.05) is 6.61 Å². The zero-order valence-corrected chi connectivity index (χ0v) is 9.36. The molecule has 0 radical (unpaired) electrons. The Morgan fingerprint density at radius 2 is 2.00 bits per heavy atom. The lowest BCUT2D eigenvalue weighted by Gasteiger charge is -2.10. The summed E-state index contributed by atoms with van der Waals surface area (Å²) >= 11 is 0. The monoisotopic (exact) mass is 230 g/mol. The Hall–Kier alpha value is -1.78. The molecule has 1 atom stereocenters. The Morgan fingerprint density at radius 1 is 1.18 bits per heavy atom. The van der Waals surface area contributed by atoms with Gasteiger partial charge in [-0.25, -0.2) is 0 Å². The highest BCUT2D eigenvalue weighted by Gasteiger charge is 2.08. The molecule has 0 saturated heterocycles. The molecule has 0 saturated carbocycles. The Kier molecular flexibility index (Phi) is 4.18. The fraction of sp³-hybridized carbons (Fsp3) is 0.231. The molecular formula is C13H14N2O2. The van der Waals surface area contributed by atoms with Crippen LogP contribution in [0.15, 0.2) is 48.9 Å². The lowest BCUT2D eigenvalue weighted by atomic mass is 10.2. The maximum atomic E-state index is 9.77. The molecule has 4 nitrogen and oxygen atoms in total. The van der Waals surface area contributed by atoms with Crippen molar-refractivity contribution in [3.05, 3.63) is 60.2 Å². The average molecular weight is 230 g/mol. The first-order chi connectivity index (χ1) is 8.36. The van der Waals surface area contributed by atoms with Crippen LogP contribution >= 0.6 is 0 Å². The van der Waals surface area contributed by atoms with Gasteiger partial charge in [0.05, 0.1) is 25.1 Å². The highest BCUT2D eigenvalue weighted by molar-refractivity contribution is 5.13. The minimum absolute atomic E-state index is 0.216. The average Bonchev–Trinajstić information content (AvgIpc) is 2.41. The first kappa shape index (κ1) is 11.7. The van der Waals surface area contributed by atoms with Gasteiger partial charge in [-0.15, -0.1) is 0 Å². The number of hydrogen-bond acceptors (Lipinski definition) is 4. The molecule has 1 heterocycles. The Bertz CT molecular complexity index is 434. The van der Waals surface area contributed by atoms with Gasteiger partial charge in [-0.1, -0.05) is 30.3 Å². The molecule has 1 aromatic heterocycles. The normalized spacial score (nSPS) is 12.3. The van der Waals surface area contributed by atoms with Crippen LogP contribution in [0.25, 0.3) is 0 Å². The number of aliphatic hydroxyl groups is 1. The Labute approximate surface area is 99.9 Å². The summed E-state index contributed by atoms with van der Waals surface area (Å²) in [5.74, 6) is 0. The molecule has 4 heteroatoms. The zero-order chi connectivity index (χ0) is 11.9. The van der Waals surface area contributed by atoms with E-state index in [0.717, 1.165) is 5.56 Å². The minimum Gasteiger partial charge on any atom is -0.384 e. The van der Waals surface area contributed by atoms with Crippen LogP contribution < -0.4 is 0 Å². The zero-order valence-electron chi connectivity index (χ0n) is 9.36. The smallest absolute Gasteiger partial charge is 0.121 e. The molecule has 0 spiro atoms. The van der Waals surface area contributed by atoms with E-state index in [1.165, 1.54) is 6.20 Å². The van der Waals surface area contributed by atoms with E-state index in [0.29, 0.717) is 12.3 Å². The maximum Gasteiger partial charge on any atom is 0.121 e. The third-order valence-electron chi connectivity index (χ3n) is 2.31. The summed E-state index contributed by atoms with van der Waals surface area (Å²) in [4.78, 5) is 7.91. The van der Waals surface area contributed by atoms with Crippen LogP contribution in [-0.4, -0.2) is 21.7 Å². The van der Waals surface area contributed by atoms with E-state index < -0.39 is 6.10 Å². The molecule has 17 heavy (non-hydrogen) atoms. The summed E-state index contributed by atoms with van der Waals surface area (Å²) < 4.78 is 5.42. The molecule has 0 aliphatic heterocycles. The predicted octanol–water partition coefficient (Wildman–Crippen LogP) is 1.73. The van der Waals surface area contributed by atoms with E-state index >= 15 is 0 Å². The van der Waals surface area contributed by atoms with Crippen LogP contribution in [0.3, 0.4) is 0 Å². The van der Waals surface area contributed by atoms with Gasteiger partial charge in [-0.05, 0) is 5.56 Å². The first-order valence-electron chi connectivity index (χ1n) is 5.42. The summed E-state index contributed by atoms with van der Waals surface area (Å²) in [6.07, 6.45) is 3.93. The van der Waals surface area contributed by atoms with Crippen molar-refractivity contribution in [1.82, 2.24) is 9.97 Å². The van der Waals surface area contributed by atoms with Crippen LogP contribution in [-0.2, 0) is 11.3 Å². The second-order valence-electron chi connectivity index (χ2n) is 3.65. The number of hydrogen-bond donors (Lipinski definition) is 1. The van der Waals surface area contributed by atoms with E-state index in [1.807, 2.05) is 30.3 Å². The highest BCUT2D eigenvalue weighted by Crippen LogP contribution is 2.09. The van der Waals surface area contributed by atoms with Gasteiger partial charge >= 0.3 is 0 Å². The van der Waals surface area contributed by atoms with Gasteiger partial charge in [0.2, 0.25) is 0 Å². The Balaban J connectivity index is 1.79. The van der Waals surface area contributed by atoms with E-state index in [1.54, 1.807) is 12.4 Å². The molecule has 0 fully saturated rings. The Morgan fingerprint density at radius 3 is 2.71 bits per heavy atom. The van der Waals surface area contributed by atoms with Crippen molar-refractivity contribution >= 4 is 0 Å². The molecule has 0 aliphatic rings. The van der Waals surface area contributed by atoms with Gasteiger partial charge in [0.1, 0.15) is 6.10 Å². The van der Waals surface area contributed by atoms with Crippen molar-refractivity contribution in [3.8, 4) is 0 Å². The van der Waals surface area contributed by atoms with Crippen molar-refractivity contribution < 1.29 is 9.84 Å². The maximum absolute atomic E-state index is 9.77. The van der Waals surface area contributed by atoms with E-state index in [-0.39, 0.29) is 6.61 Å². The third-order valence-corrected chi connectivity index (χ3v) is 2.31. The molecule has 0 amide bonds. The number of ether oxygens (including phenoxy) is 1. The molecule has 0 aliphatic carbocycles. The van der Waals surface area contributed by atoms with Gasteiger partial charge < -0.3 is 9.84 Å². The van der Waals surface area contributed by atoms with Crippen LogP contribution in [0.5, 0.6) is 0 Å². The number of aliphatic hydroxyl groups excluding tert-OH is 1. The third kappa shape index (κ3) is 3.62. The molecular weight excluding hydrogens is 216 g/mol. The molecule has 1 N–H and O–H groups in total. The molecule has 0 bridgehead atoms. The fourth-order valence-electron chi connectivity index (χ4n) is 1.43. The largest absolute Gasteiger partial charge is 0.384 e. The van der Waals surface area contributed by atoms with Crippen LogP contribution in [0.1, 0.15) is 17.4 Å². The number of benzene rings is 1. The van der Waals surface area contributed by atoms with Gasteiger partial charge in [-0.3, -0.25) is 9.97 Å². The van der Waals surface area contributed by atoms with Gasteiger partial charge in [0.25, 0.3) is 0 Å². The molecule has 88 valence electrons. The van der Waals surface area contributed by atoms with Gasteiger partial charge in [-0.2, -0.15) is 0 Å². The molecule has 2 rings (SSSR count). The first-order valence-corrected chi connectivity index (χ1v) is 5.42. The number of aromatic nitrogens is 2. The second-order valence-corrected chi connectivity index (χ2v) is 3.65. The summed E-state index contributed by atoms with van der Waals surface area (Å²) in [5.41, 5.74) is 1.61. The van der Waals surface area contributed by atoms with Crippen molar-refractivity contribution in [3.63, 3.8) is 0 Å². The summed E-state index contributed by atoms with van der Waals surface area (Å²) in [5, 5.41) is 9.77. The lowest BCUT2D eigenvalue weighted by molar-refractivity contribution is 0.0255. The van der Waals surface area contributed by atoms with Crippen LogP contribution in [0, 0.1) is 0 Å². The standard InChI is InChI=1S/C13H14N2O2/c16-13(12-8-14-6-7-15-12)10-17-9-11-4-2-1-3-5-11/h1-8,13,16H,9-10H2. The lowest BCUT2D eigenvalue weighted by Crippen LogP contribution is -2.09.